The lowest BCUT2D eigenvalue weighted by Crippen LogP contribution is -2.19. The van der Waals surface area contributed by atoms with Crippen LogP contribution in [-0.2, 0) is 6.18 Å². The monoisotopic (exact) mass is 311 g/mol. The van der Waals surface area contributed by atoms with Crippen molar-refractivity contribution in [1.29, 1.82) is 0 Å². The molecule has 2 aromatic carbocycles. The SMILES string of the molecule is Cc1ccccc1SCC(N)c1ccccc1C(F)(F)F. The average Bonchev–Trinajstić information content (AvgIpc) is 2.45. The molecule has 0 aromatic heterocycles. The Morgan fingerprint density at radius 1 is 1.05 bits per heavy atom. The van der Waals surface area contributed by atoms with E-state index in [9.17, 15) is 13.2 Å². The topological polar surface area (TPSA) is 26.0 Å². The summed E-state index contributed by atoms with van der Waals surface area (Å²) >= 11 is 1.48. The zero-order chi connectivity index (χ0) is 15.5. The summed E-state index contributed by atoms with van der Waals surface area (Å²) in [4.78, 5) is 1.04. The number of aryl methyl sites for hydroxylation is 1. The second-order valence-electron chi connectivity index (χ2n) is 4.77. The molecule has 0 radical (unpaired) electrons. The van der Waals surface area contributed by atoms with E-state index < -0.39 is 17.8 Å². The number of hydrogen-bond donors (Lipinski definition) is 1. The van der Waals surface area contributed by atoms with E-state index in [-0.39, 0.29) is 5.56 Å². The van der Waals surface area contributed by atoms with Crippen LogP contribution in [0.2, 0.25) is 0 Å². The van der Waals surface area contributed by atoms with E-state index in [4.69, 9.17) is 5.73 Å². The highest BCUT2D eigenvalue weighted by atomic mass is 32.2. The smallest absolute Gasteiger partial charge is 0.323 e. The minimum Gasteiger partial charge on any atom is -0.323 e. The molecule has 0 aliphatic carbocycles. The van der Waals surface area contributed by atoms with Gasteiger partial charge in [-0.15, -0.1) is 11.8 Å². The molecule has 0 aliphatic heterocycles. The maximum absolute atomic E-state index is 13.0. The number of nitrogens with two attached hydrogens (primary N) is 1. The third-order valence-corrected chi connectivity index (χ3v) is 4.47. The summed E-state index contributed by atoms with van der Waals surface area (Å²) in [5.74, 6) is 0.401. The molecular formula is C16H16F3NS. The van der Waals surface area contributed by atoms with Gasteiger partial charge in [0.25, 0.3) is 0 Å². The van der Waals surface area contributed by atoms with Crippen LogP contribution in [0.25, 0.3) is 0 Å². The van der Waals surface area contributed by atoms with Gasteiger partial charge in [0.15, 0.2) is 0 Å². The summed E-state index contributed by atoms with van der Waals surface area (Å²) in [5.41, 5.74) is 6.56. The highest BCUT2D eigenvalue weighted by Crippen LogP contribution is 2.35. The van der Waals surface area contributed by atoms with E-state index in [2.05, 4.69) is 0 Å². The van der Waals surface area contributed by atoms with Crippen LogP contribution in [0.5, 0.6) is 0 Å². The van der Waals surface area contributed by atoms with Gasteiger partial charge in [-0.25, -0.2) is 0 Å². The number of halogens is 3. The number of thioether (sulfide) groups is 1. The molecule has 0 bridgehead atoms. The molecule has 112 valence electrons. The molecule has 2 N–H and O–H groups in total. The molecule has 1 unspecified atom stereocenters. The van der Waals surface area contributed by atoms with E-state index in [1.807, 2.05) is 31.2 Å². The van der Waals surface area contributed by atoms with Crippen LogP contribution < -0.4 is 5.73 Å². The van der Waals surface area contributed by atoms with Crippen LogP contribution >= 0.6 is 11.8 Å². The quantitative estimate of drug-likeness (QED) is 0.820. The van der Waals surface area contributed by atoms with E-state index in [0.717, 1.165) is 16.5 Å². The molecule has 0 aliphatic rings. The van der Waals surface area contributed by atoms with Gasteiger partial charge in [0.05, 0.1) is 5.56 Å². The third-order valence-electron chi connectivity index (χ3n) is 3.18. The Morgan fingerprint density at radius 2 is 1.67 bits per heavy atom. The van der Waals surface area contributed by atoms with Gasteiger partial charge in [-0.3, -0.25) is 0 Å². The fourth-order valence-electron chi connectivity index (χ4n) is 2.07. The summed E-state index contributed by atoms with van der Waals surface area (Å²) in [6.07, 6.45) is -4.37. The second-order valence-corrected chi connectivity index (χ2v) is 5.83. The molecule has 0 saturated carbocycles. The van der Waals surface area contributed by atoms with E-state index in [1.165, 1.54) is 23.9 Å². The molecule has 0 fully saturated rings. The highest BCUT2D eigenvalue weighted by molar-refractivity contribution is 7.99. The van der Waals surface area contributed by atoms with Crippen molar-refractivity contribution in [3.63, 3.8) is 0 Å². The first-order valence-electron chi connectivity index (χ1n) is 6.49. The van der Waals surface area contributed by atoms with Gasteiger partial charge < -0.3 is 5.73 Å². The van der Waals surface area contributed by atoms with Gasteiger partial charge in [-0.1, -0.05) is 36.4 Å². The molecule has 2 rings (SSSR count). The molecule has 21 heavy (non-hydrogen) atoms. The molecule has 1 atom stereocenters. The maximum Gasteiger partial charge on any atom is 0.416 e. The Hall–Kier alpha value is -1.46. The molecule has 0 spiro atoms. The Balaban J connectivity index is 2.15. The molecule has 0 amide bonds. The van der Waals surface area contributed by atoms with Crippen molar-refractivity contribution in [3.05, 3.63) is 65.2 Å². The molecule has 2 aromatic rings. The van der Waals surface area contributed by atoms with Crippen LogP contribution in [-0.4, -0.2) is 5.75 Å². The standard InChI is InChI=1S/C16H16F3NS/c1-11-6-2-5-9-15(11)21-10-14(20)12-7-3-4-8-13(12)16(17,18)19/h2-9,14H,10,20H2,1H3. The largest absolute Gasteiger partial charge is 0.416 e. The van der Waals surface area contributed by atoms with Crippen LogP contribution in [0.15, 0.2) is 53.4 Å². The summed E-state index contributed by atoms with van der Waals surface area (Å²) in [7, 11) is 0. The Bertz CT molecular complexity index is 610. The van der Waals surface area contributed by atoms with Crippen molar-refractivity contribution in [1.82, 2.24) is 0 Å². The van der Waals surface area contributed by atoms with Crippen LogP contribution in [0, 0.1) is 6.92 Å². The Labute approximate surface area is 126 Å². The van der Waals surface area contributed by atoms with Crippen molar-refractivity contribution < 1.29 is 13.2 Å². The number of alkyl halides is 3. The molecule has 5 heteroatoms. The van der Waals surface area contributed by atoms with Crippen LogP contribution in [0.4, 0.5) is 13.2 Å². The van der Waals surface area contributed by atoms with Gasteiger partial charge >= 0.3 is 6.18 Å². The van der Waals surface area contributed by atoms with Gasteiger partial charge in [0.1, 0.15) is 0 Å². The van der Waals surface area contributed by atoms with Crippen molar-refractivity contribution in [2.24, 2.45) is 5.73 Å². The normalized spacial score (nSPS) is 13.2. The number of benzene rings is 2. The minimum atomic E-state index is -4.37. The van der Waals surface area contributed by atoms with E-state index >= 15 is 0 Å². The van der Waals surface area contributed by atoms with Crippen molar-refractivity contribution in [2.75, 3.05) is 5.75 Å². The third kappa shape index (κ3) is 4.02. The van der Waals surface area contributed by atoms with Crippen molar-refractivity contribution in [2.45, 2.75) is 24.0 Å². The zero-order valence-electron chi connectivity index (χ0n) is 11.5. The van der Waals surface area contributed by atoms with Crippen molar-refractivity contribution >= 4 is 11.8 Å². The fourth-order valence-corrected chi connectivity index (χ4v) is 3.08. The number of rotatable bonds is 4. The summed E-state index contributed by atoms with van der Waals surface area (Å²) in [6, 6.07) is 12.6. The molecule has 1 nitrogen and oxygen atoms in total. The second kappa shape index (κ2) is 6.54. The van der Waals surface area contributed by atoms with Crippen LogP contribution in [0.3, 0.4) is 0 Å². The first kappa shape index (κ1) is 15.9. The molecular weight excluding hydrogens is 295 g/mol. The number of hydrogen-bond acceptors (Lipinski definition) is 2. The summed E-state index contributed by atoms with van der Waals surface area (Å²) in [6.45, 7) is 1.97. The van der Waals surface area contributed by atoms with Crippen LogP contribution in [0.1, 0.15) is 22.7 Å². The first-order valence-corrected chi connectivity index (χ1v) is 7.48. The van der Waals surface area contributed by atoms with E-state index in [0.29, 0.717) is 5.75 Å². The predicted octanol–water partition coefficient (Wildman–Crippen LogP) is 4.81. The molecule has 0 heterocycles. The predicted molar refractivity (Wildman–Crippen MR) is 80.3 cm³/mol. The lowest BCUT2D eigenvalue weighted by atomic mass is 10.0. The average molecular weight is 311 g/mol. The van der Waals surface area contributed by atoms with Gasteiger partial charge in [-0.05, 0) is 30.2 Å². The molecule has 0 saturated heterocycles. The lowest BCUT2D eigenvalue weighted by molar-refractivity contribution is -0.138. The fraction of sp³-hybridized carbons (Fsp3) is 0.250. The zero-order valence-corrected chi connectivity index (χ0v) is 12.3. The lowest BCUT2D eigenvalue weighted by Gasteiger charge is -2.18. The maximum atomic E-state index is 13.0. The Kier molecular flexibility index (Phi) is 4.96. The van der Waals surface area contributed by atoms with E-state index in [1.54, 1.807) is 6.07 Å². The highest BCUT2D eigenvalue weighted by Gasteiger charge is 2.34. The first-order chi connectivity index (χ1) is 9.89. The Morgan fingerprint density at radius 3 is 2.33 bits per heavy atom. The van der Waals surface area contributed by atoms with Gasteiger partial charge in [-0.2, -0.15) is 13.2 Å². The minimum absolute atomic E-state index is 0.145. The summed E-state index contributed by atoms with van der Waals surface area (Å²) in [5, 5.41) is 0. The van der Waals surface area contributed by atoms with Gasteiger partial charge in [0.2, 0.25) is 0 Å². The van der Waals surface area contributed by atoms with Crippen molar-refractivity contribution in [3.8, 4) is 0 Å². The summed E-state index contributed by atoms with van der Waals surface area (Å²) < 4.78 is 38.9. The van der Waals surface area contributed by atoms with Gasteiger partial charge in [0, 0.05) is 16.7 Å².